The summed E-state index contributed by atoms with van der Waals surface area (Å²) in [5.41, 5.74) is 1.96. The molecule has 4 aromatic rings. The van der Waals surface area contributed by atoms with Crippen LogP contribution in [0.25, 0.3) is 11.4 Å². The molecule has 0 spiro atoms. The molecule has 202 valence electrons. The van der Waals surface area contributed by atoms with Crippen LogP contribution in [0.4, 0.5) is 0 Å². The molecule has 0 atom stereocenters. The molecule has 0 aliphatic rings. The molecule has 0 aliphatic heterocycles. The van der Waals surface area contributed by atoms with Gasteiger partial charge in [0.1, 0.15) is 0 Å². The number of rotatable bonds is 8. The first-order valence-corrected chi connectivity index (χ1v) is 14.3. The Kier molecular flexibility index (Phi) is 13.2. The van der Waals surface area contributed by atoms with E-state index in [9.17, 15) is 0 Å². The summed E-state index contributed by atoms with van der Waals surface area (Å²) in [6, 6.07) is 19.8. The third-order valence-corrected chi connectivity index (χ3v) is 8.25. The van der Waals surface area contributed by atoms with Gasteiger partial charge in [-0.25, -0.2) is 0 Å². The molecule has 0 aliphatic carbocycles. The van der Waals surface area contributed by atoms with Crippen molar-refractivity contribution in [3.8, 4) is 11.4 Å². The Morgan fingerprint density at radius 2 is 0.892 bits per heavy atom. The number of benzene rings is 2. The molecule has 0 unspecified atom stereocenters. The van der Waals surface area contributed by atoms with Crippen LogP contribution in [0.1, 0.15) is 39.5 Å². The van der Waals surface area contributed by atoms with E-state index in [-0.39, 0.29) is 16.5 Å². The average Bonchev–Trinajstić information content (AvgIpc) is 3.24. The number of hydrogen-bond donors (Lipinski definition) is 0. The van der Waals surface area contributed by atoms with E-state index in [1.165, 1.54) is 0 Å². The number of para-hydroxylation sites is 2. The molecule has 0 saturated heterocycles. The molecule has 4 rings (SSSR count). The second-order valence-electron chi connectivity index (χ2n) is 8.14. The van der Waals surface area contributed by atoms with Gasteiger partial charge in [-0.3, -0.25) is 0 Å². The van der Waals surface area contributed by atoms with E-state index in [0.717, 1.165) is 50.1 Å². The Morgan fingerprint density at radius 1 is 0.568 bits per heavy atom. The second-order valence-corrected chi connectivity index (χ2v) is 10.4. The van der Waals surface area contributed by atoms with E-state index in [1.807, 2.05) is 78.9 Å². The summed E-state index contributed by atoms with van der Waals surface area (Å²) in [6.45, 7) is 5.99. The van der Waals surface area contributed by atoms with Gasteiger partial charge >= 0.3 is 0 Å². The van der Waals surface area contributed by atoms with Gasteiger partial charge in [0.2, 0.25) is 0 Å². The van der Waals surface area contributed by atoms with Crippen molar-refractivity contribution in [2.75, 3.05) is 0 Å². The molecular formula is C26H28N4NiS6-4. The molecule has 2 aromatic carbocycles. The summed E-state index contributed by atoms with van der Waals surface area (Å²) in [6.07, 6.45) is 4.34. The predicted molar refractivity (Wildman–Crippen MR) is 162 cm³/mol. The van der Waals surface area contributed by atoms with Crippen LogP contribution in [0.15, 0.2) is 80.8 Å². The molecular weight excluding hydrogens is 619 g/mol. The van der Waals surface area contributed by atoms with Crippen molar-refractivity contribution < 1.29 is 16.5 Å². The van der Waals surface area contributed by atoms with Crippen molar-refractivity contribution >= 4 is 75.0 Å². The van der Waals surface area contributed by atoms with Gasteiger partial charge in [0.15, 0.2) is 9.54 Å². The monoisotopic (exact) mass is 646 g/mol. The first-order chi connectivity index (χ1) is 17.3. The largest absolute Gasteiger partial charge is 0.762 e. The molecule has 0 N–H and O–H groups in total. The van der Waals surface area contributed by atoms with Crippen LogP contribution in [0.2, 0.25) is 0 Å². The zero-order valence-electron chi connectivity index (χ0n) is 20.6. The summed E-state index contributed by atoms with van der Waals surface area (Å²) >= 11 is 32.6. The fraction of sp³-hybridized carbons (Fsp3) is 0.308. The van der Waals surface area contributed by atoms with Crippen LogP contribution in [-0.2, 0) is 80.1 Å². The van der Waals surface area contributed by atoms with Crippen LogP contribution in [-0.4, -0.2) is 18.3 Å². The molecule has 2 aromatic heterocycles. The first kappa shape index (κ1) is 31.9. The molecule has 2 heterocycles. The molecule has 0 fully saturated rings. The number of unbranched alkanes of at least 4 members (excludes halogenated alkanes) is 2. The van der Waals surface area contributed by atoms with Crippen LogP contribution in [0.3, 0.4) is 0 Å². The zero-order chi connectivity index (χ0) is 26.2. The van der Waals surface area contributed by atoms with E-state index in [4.69, 9.17) is 75.0 Å². The van der Waals surface area contributed by atoms with Crippen molar-refractivity contribution in [2.24, 2.45) is 0 Å². The van der Waals surface area contributed by atoms with Gasteiger partial charge in [-0.2, -0.15) is 0 Å². The SMILES string of the molecule is CCCCn1c([S-])c([S-])n(-c2ccccc2)c1=S.CCCCn1c([S-])c([S-])n(-c2ccccc2)c1=S.[Ni]. The fourth-order valence-electron chi connectivity index (χ4n) is 3.65. The quantitative estimate of drug-likeness (QED) is 0.113. The Balaban J connectivity index is 0.000000253. The van der Waals surface area contributed by atoms with E-state index in [2.05, 4.69) is 13.8 Å². The van der Waals surface area contributed by atoms with Crippen molar-refractivity contribution in [3.63, 3.8) is 0 Å². The maximum absolute atomic E-state index is 5.49. The van der Waals surface area contributed by atoms with Crippen LogP contribution < -0.4 is 0 Å². The summed E-state index contributed by atoms with van der Waals surface area (Å²) in [7, 11) is 0. The summed E-state index contributed by atoms with van der Waals surface area (Å²) in [5.74, 6) is 0. The molecule has 4 nitrogen and oxygen atoms in total. The normalized spacial score (nSPS) is 10.4. The Labute approximate surface area is 262 Å². The fourth-order valence-corrected chi connectivity index (χ4v) is 5.78. The van der Waals surface area contributed by atoms with E-state index in [0.29, 0.717) is 29.6 Å². The van der Waals surface area contributed by atoms with Crippen molar-refractivity contribution in [1.82, 2.24) is 18.3 Å². The average molecular weight is 648 g/mol. The summed E-state index contributed by atoms with van der Waals surface area (Å²) in [5, 5.41) is 2.62. The van der Waals surface area contributed by atoms with Crippen LogP contribution in [0, 0.1) is 9.54 Å². The standard InChI is InChI=1S/2C13H16N2S3.Ni/c2*1-2-3-9-14-11(16)12(17)15(13(14)18)10-7-5-4-6-8-10;/h2*4-8,16-17H,2-3,9H2,1H3;/p-4. The Morgan fingerprint density at radius 3 is 1.19 bits per heavy atom. The zero-order valence-corrected chi connectivity index (χ0v) is 26.5. The molecule has 0 bridgehead atoms. The minimum atomic E-state index is 0. The number of imidazole rings is 2. The summed E-state index contributed by atoms with van der Waals surface area (Å²) in [4.78, 5) is 0. The van der Waals surface area contributed by atoms with Crippen LogP contribution in [0.5, 0.6) is 0 Å². The van der Waals surface area contributed by atoms with E-state index < -0.39 is 0 Å². The van der Waals surface area contributed by atoms with E-state index in [1.54, 1.807) is 0 Å². The minimum absolute atomic E-state index is 0. The van der Waals surface area contributed by atoms with Gasteiger partial charge in [0, 0.05) is 41.0 Å². The summed E-state index contributed by atoms with van der Waals surface area (Å²) < 4.78 is 9.08. The van der Waals surface area contributed by atoms with Gasteiger partial charge in [0.25, 0.3) is 0 Å². The van der Waals surface area contributed by atoms with Gasteiger partial charge in [0.05, 0.1) is 0 Å². The maximum Gasteiger partial charge on any atom is 0.181 e. The van der Waals surface area contributed by atoms with Gasteiger partial charge in [-0.1, -0.05) is 63.1 Å². The molecule has 0 radical (unpaired) electrons. The third kappa shape index (κ3) is 7.41. The van der Waals surface area contributed by atoms with Gasteiger partial charge in [-0.05, 0) is 61.5 Å². The number of aromatic nitrogens is 4. The van der Waals surface area contributed by atoms with Crippen LogP contribution >= 0.6 is 24.4 Å². The number of hydrogen-bond acceptors (Lipinski definition) is 6. The van der Waals surface area contributed by atoms with Crippen molar-refractivity contribution in [1.29, 1.82) is 0 Å². The Bertz CT molecular complexity index is 1280. The second kappa shape index (κ2) is 15.3. The first-order valence-electron chi connectivity index (χ1n) is 11.8. The van der Waals surface area contributed by atoms with Crippen molar-refractivity contribution in [3.05, 3.63) is 70.2 Å². The van der Waals surface area contributed by atoms with Crippen molar-refractivity contribution in [2.45, 2.75) is 72.7 Å². The predicted octanol–water partition coefficient (Wildman–Crippen LogP) is 7.24. The third-order valence-electron chi connectivity index (χ3n) is 5.61. The molecule has 37 heavy (non-hydrogen) atoms. The van der Waals surface area contributed by atoms with E-state index >= 15 is 0 Å². The Hall–Kier alpha value is -1.33. The topological polar surface area (TPSA) is 19.7 Å². The molecule has 0 saturated carbocycles. The molecule has 11 heteroatoms. The maximum atomic E-state index is 5.49. The smallest absolute Gasteiger partial charge is 0.181 e. The minimum Gasteiger partial charge on any atom is -0.762 e. The number of nitrogens with zero attached hydrogens (tertiary/aromatic N) is 4. The van der Waals surface area contributed by atoms with Gasteiger partial charge < -0.3 is 68.8 Å². The van der Waals surface area contributed by atoms with Gasteiger partial charge in [-0.15, -0.1) is 20.1 Å². The molecule has 0 amide bonds.